The lowest BCUT2D eigenvalue weighted by molar-refractivity contribution is 0.597. The Hall–Kier alpha value is -1.09. The average Bonchev–Trinajstić information content (AvgIpc) is 2.28. The third-order valence-electron chi connectivity index (χ3n) is 2.65. The van der Waals surface area contributed by atoms with E-state index in [0.29, 0.717) is 6.04 Å². The lowest BCUT2D eigenvalue weighted by atomic mass is 10.1. The van der Waals surface area contributed by atoms with Crippen molar-refractivity contribution >= 4 is 5.82 Å². The van der Waals surface area contributed by atoms with Crippen LogP contribution in [-0.2, 0) is 0 Å². The fourth-order valence-corrected chi connectivity index (χ4v) is 1.50. The Morgan fingerprint density at radius 3 is 2.80 bits per heavy atom. The monoisotopic (exact) mass is 207 g/mol. The molecule has 0 radical (unpaired) electrons. The summed E-state index contributed by atoms with van der Waals surface area (Å²) in [5.74, 6) is 1.04. The molecule has 1 aromatic rings. The quantitative estimate of drug-likeness (QED) is 0.802. The molecule has 0 aliphatic carbocycles. The number of pyridine rings is 1. The summed E-state index contributed by atoms with van der Waals surface area (Å²) in [6.45, 7) is 8.39. The first kappa shape index (κ1) is 12.0. The van der Waals surface area contributed by atoms with Crippen molar-refractivity contribution in [3.8, 4) is 0 Å². The van der Waals surface area contributed by atoms with Gasteiger partial charge in [-0.3, -0.25) is 0 Å². The second-order valence-corrected chi connectivity index (χ2v) is 3.74. The predicted molar refractivity (Wildman–Crippen MR) is 65.3 cm³/mol. The first-order chi connectivity index (χ1) is 7.19. The van der Waals surface area contributed by atoms with Crippen LogP contribution in [0.1, 0.15) is 32.4 Å². The topological polar surface area (TPSA) is 28.2 Å². The lowest BCUT2D eigenvalue weighted by Gasteiger charge is -2.18. The molecule has 1 heterocycles. The zero-order chi connectivity index (χ0) is 11.3. The number of nitrogens with zero attached hydrogens (tertiary/aromatic N) is 2. The second-order valence-electron chi connectivity index (χ2n) is 3.74. The van der Waals surface area contributed by atoms with Gasteiger partial charge < -0.3 is 10.2 Å². The van der Waals surface area contributed by atoms with Crippen LogP contribution < -0.4 is 10.2 Å². The normalized spacial score (nSPS) is 12.5. The summed E-state index contributed by atoms with van der Waals surface area (Å²) in [5, 5.41) is 3.40. The molecule has 1 aromatic heterocycles. The van der Waals surface area contributed by atoms with Gasteiger partial charge in [0.2, 0.25) is 0 Å². The zero-order valence-electron chi connectivity index (χ0n) is 10.1. The van der Waals surface area contributed by atoms with Gasteiger partial charge >= 0.3 is 0 Å². The second kappa shape index (κ2) is 5.71. The average molecular weight is 207 g/mol. The number of rotatable bonds is 5. The first-order valence-electron chi connectivity index (χ1n) is 5.59. The predicted octanol–water partition coefficient (Wildman–Crippen LogP) is 2.21. The smallest absolute Gasteiger partial charge is 0.128 e. The van der Waals surface area contributed by atoms with Crippen molar-refractivity contribution in [3.63, 3.8) is 0 Å². The summed E-state index contributed by atoms with van der Waals surface area (Å²) >= 11 is 0. The largest absolute Gasteiger partial charge is 0.360 e. The molecule has 15 heavy (non-hydrogen) atoms. The van der Waals surface area contributed by atoms with Crippen molar-refractivity contribution in [2.75, 3.05) is 25.0 Å². The van der Waals surface area contributed by atoms with Crippen LogP contribution >= 0.6 is 0 Å². The van der Waals surface area contributed by atoms with Gasteiger partial charge in [-0.15, -0.1) is 0 Å². The van der Waals surface area contributed by atoms with Gasteiger partial charge in [-0.25, -0.2) is 4.98 Å². The van der Waals surface area contributed by atoms with Gasteiger partial charge in [-0.05, 0) is 38.1 Å². The van der Waals surface area contributed by atoms with E-state index in [0.717, 1.165) is 18.9 Å². The number of hydrogen-bond donors (Lipinski definition) is 1. The highest BCUT2D eigenvalue weighted by atomic mass is 15.1. The Kier molecular flexibility index (Phi) is 4.56. The van der Waals surface area contributed by atoms with Gasteiger partial charge in [-0.1, -0.05) is 6.92 Å². The van der Waals surface area contributed by atoms with Gasteiger partial charge in [0.1, 0.15) is 5.82 Å². The molecule has 0 fully saturated rings. The molecule has 3 nitrogen and oxygen atoms in total. The first-order valence-corrected chi connectivity index (χ1v) is 5.59. The van der Waals surface area contributed by atoms with E-state index in [9.17, 15) is 0 Å². The molecule has 0 aromatic carbocycles. The SMILES string of the molecule is CCNC(C)c1ccnc(N(C)CC)c1. The molecule has 0 saturated heterocycles. The van der Waals surface area contributed by atoms with Crippen LogP contribution in [0.3, 0.4) is 0 Å². The fraction of sp³-hybridized carbons (Fsp3) is 0.583. The van der Waals surface area contributed by atoms with E-state index in [1.165, 1.54) is 5.56 Å². The Labute approximate surface area is 92.5 Å². The summed E-state index contributed by atoms with van der Waals surface area (Å²) in [7, 11) is 2.06. The maximum atomic E-state index is 4.35. The Morgan fingerprint density at radius 1 is 1.47 bits per heavy atom. The molecule has 3 heteroatoms. The molecule has 1 N–H and O–H groups in total. The molecule has 1 unspecified atom stereocenters. The molecular formula is C12H21N3. The third-order valence-corrected chi connectivity index (χ3v) is 2.65. The molecule has 0 amide bonds. The van der Waals surface area contributed by atoms with E-state index < -0.39 is 0 Å². The lowest BCUT2D eigenvalue weighted by Crippen LogP contribution is -2.20. The molecule has 1 rings (SSSR count). The third kappa shape index (κ3) is 3.20. The maximum absolute atomic E-state index is 4.35. The van der Waals surface area contributed by atoms with Crippen molar-refractivity contribution in [1.29, 1.82) is 0 Å². The maximum Gasteiger partial charge on any atom is 0.128 e. The van der Waals surface area contributed by atoms with Gasteiger partial charge in [0.05, 0.1) is 0 Å². The number of aromatic nitrogens is 1. The highest BCUT2D eigenvalue weighted by Gasteiger charge is 2.06. The zero-order valence-corrected chi connectivity index (χ0v) is 10.1. The van der Waals surface area contributed by atoms with Gasteiger partial charge in [0, 0.05) is 25.8 Å². The number of anilines is 1. The van der Waals surface area contributed by atoms with E-state index in [-0.39, 0.29) is 0 Å². The summed E-state index contributed by atoms with van der Waals surface area (Å²) < 4.78 is 0. The van der Waals surface area contributed by atoms with E-state index >= 15 is 0 Å². The number of hydrogen-bond acceptors (Lipinski definition) is 3. The van der Waals surface area contributed by atoms with E-state index in [1.807, 2.05) is 6.20 Å². The van der Waals surface area contributed by atoms with Gasteiger partial charge in [-0.2, -0.15) is 0 Å². The molecule has 1 atom stereocenters. The Morgan fingerprint density at radius 2 is 2.20 bits per heavy atom. The van der Waals surface area contributed by atoms with Crippen LogP contribution in [0, 0.1) is 0 Å². The van der Waals surface area contributed by atoms with Crippen LogP contribution in [0.5, 0.6) is 0 Å². The van der Waals surface area contributed by atoms with Crippen LogP contribution in [0.15, 0.2) is 18.3 Å². The summed E-state index contributed by atoms with van der Waals surface area (Å²) in [6.07, 6.45) is 1.88. The van der Waals surface area contributed by atoms with E-state index in [1.54, 1.807) is 0 Å². The Bertz CT molecular complexity index is 299. The minimum Gasteiger partial charge on any atom is -0.360 e. The Balaban J connectivity index is 2.82. The van der Waals surface area contributed by atoms with Crippen molar-refractivity contribution in [2.24, 2.45) is 0 Å². The summed E-state index contributed by atoms with van der Waals surface area (Å²) in [5.41, 5.74) is 1.29. The number of nitrogens with one attached hydrogen (secondary N) is 1. The van der Waals surface area contributed by atoms with Crippen molar-refractivity contribution in [3.05, 3.63) is 23.9 Å². The van der Waals surface area contributed by atoms with Gasteiger partial charge in [0.15, 0.2) is 0 Å². The molecular weight excluding hydrogens is 186 g/mol. The molecule has 0 spiro atoms. The standard InChI is InChI=1S/C12H21N3/c1-5-13-10(3)11-7-8-14-12(9-11)15(4)6-2/h7-10,13H,5-6H2,1-4H3. The summed E-state index contributed by atoms with van der Waals surface area (Å²) in [4.78, 5) is 6.49. The summed E-state index contributed by atoms with van der Waals surface area (Å²) in [6, 6.07) is 4.61. The van der Waals surface area contributed by atoms with Crippen LogP contribution in [0.25, 0.3) is 0 Å². The van der Waals surface area contributed by atoms with Crippen LogP contribution in [-0.4, -0.2) is 25.1 Å². The van der Waals surface area contributed by atoms with Crippen LogP contribution in [0.2, 0.25) is 0 Å². The molecule has 0 bridgehead atoms. The van der Waals surface area contributed by atoms with Crippen molar-refractivity contribution in [1.82, 2.24) is 10.3 Å². The highest BCUT2D eigenvalue weighted by Crippen LogP contribution is 2.16. The molecule has 84 valence electrons. The fourth-order valence-electron chi connectivity index (χ4n) is 1.50. The molecule has 0 aliphatic heterocycles. The van der Waals surface area contributed by atoms with Crippen molar-refractivity contribution < 1.29 is 0 Å². The molecule has 0 aliphatic rings. The van der Waals surface area contributed by atoms with E-state index in [4.69, 9.17) is 0 Å². The minimum absolute atomic E-state index is 0.391. The van der Waals surface area contributed by atoms with Crippen molar-refractivity contribution in [2.45, 2.75) is 26.8 Å². The minimum atomic E-state index is 0.391. The van der Waals surface area contributed by atoms with Crippen LogP contribution in [0.4, 0.5) is 5.82 Å². The highest BCUT2D eigenvalue weighted by molar-refractivity contribution is 5.40. The van der Waals surface area contributed by atoms with E-state index in [2.05, 4.69) is 55.2 Å². The van der Waals surface area contributed by atoms with Gasteiger partial charge in [0.25, 0.3) is 0 Å². The molecule has 0 saturated carbocycles.